The monoisotopic (exact) mass is 263 g/mol. The third-order valence-electron chi connectivity index (χ3n) is 3.04. The van der Waals surface area contributed by atoms with E-state index in [2.05, 4.69) is 0 Å². The molecule has 0 aromatic heterocycles. The molecule has 0 aliphatic heterocycles. The molecular weight excluding hydrogens is 248 g/mol. The molecule has 2 aromatic carbocycles. The van der Waals surface area contributed by atoms with Crippen molar-refractivity contribution in [3.8, 4) is 0 Å². The van der Waals surface area contributed by atoms with E-state index >= 15 is 0 Å². The second-order valence-electron chi connectivity index (χ2n) is 4.42. The fourth-order valence-electron chi connectivity index (χ4n) is 2.00. The zero-order valence-corrected chi connectivity index (χ0v) is 10.3. The van der Waals surface area contributed by atoms with Gasteiger partial charge in [-0.1, -0.05) is 36.4 Å². The van der Waals surface area contributed by atoms with E-state index in [4.69, 9.17) is 5.73 Å². The molecule has 0 heterocycles. The van der Waals surface area contributed by atoms with Gasteiger partial charge in [0.2, 0.25) is 0 Å². The maximum Gasteiger partial charge on any atom is 0.131 e. The van der Waals surface area contributed by atoms with Crippen molar-refractivity contribution >= 4 is 0 Å². The lowest BCUT2D eigenvalue weighted by Gasteiger charge is -2.20. The minimum Gasteiger partial charge on any atom is -0.391 e. The smallest absolute Gasteiger partial charge is 0.131 e. The van der Waals surface area contributed by atoms with Gasteiger partial charge in [-0.15, -0.1) is 0 Å². The van der Waals surface area contributed by atoms with Crippen LogP contribution in [0, 0.1) is 11.6 Å². The highest BCUT2D eigenvalue weighted by molar-refractivity contribution is 5.25. The largest absolute Gasteiger partial charge is 0.391 e. The summed E-state index contributed by atoms with van der Waals surface area (Å²) in [7, 11) is 0. The Morgan fingerprint density at radius 2 is 1.53 bits per heavy atom. The minimum absolute atomic E-state index is 0.246. The predicted molar refractivity (Wildman–Crippen MR) is 69.4 cm³/mol. The number of hydrogen-bond donors (Lipinski definition) is 2. The molecule has 19 heavy (non-hydrogen) atoms. The number of aliphatic hydroxyl groups is 1. The van der Waals surface area contributed by atoms with E-state index in [0.29, 0.717) is 0 Å². The fraction of sp³-hybridized carbons (Fsp3) is 0.200. The highest BCUT2D eigenvalue weighted by Gasteiger charge is 2.23. The van der Waals surface area contributed by atoms with Crippen LogP contribution in [0.25, 0.3) is 0 Å². The Morgan fingerprint density at radius 3 is 2.11 bits per heavy atom. The summed E-state index contributed by atoms with van der Waals surface area (Å²) in [6.45, 7) is 0. The van der Waals surface area contributed by atoms with Crippen molar-refractivity contribution in [3.63, 3.8) is 0 Å². The number of hydrogen-bond acceptors (Lipinski definition) is 2. The van der Waals surface area contributed by atoms with Crippen molar-refractivity contribution in [1.82, 2.24) is 0 Å². The predicted octanol–water partition coefficient (Wildman–Crippen LogP) is 2.57. The zero-order valence-electron chi connectivity index (χ0n) is 10.3. The average Bonchev–Trinajstić information content (AvgIpc) is 2.39. The summed E-state index contributed by atoms with van der Waals surface area (Å²) >= 11 is 0. The van der Waals surface area contributed by atoms with Gasteiger partial charge in [-0.25, -0.2) is 8.78 Å². The first-order valence-corrected chi connectivity index (χ1v) is 6.01. The molecule has 0 aliphatic rings. The van der Waals surface area contributed by atoms with Gasteiger partial charge in [0.25, 0.3) is 0 Å². The summed E-state index contributed by atoms with van der Waals surface area (Å²) in [5.74, 6) is -1.47. The third kappa shape index (κ3) is 3.16. The average molecular weight is 263 g/mol. The summed E-state index contributed by atoms with van der Waals surface area (Å²) in [5, 5.41) is 10.0. The molecule has 2 atom stereocenters. The van der Waals surface area contributed by atoms with Crippen molar-refractivity contribution in [1.29, 1.82) is 0 Å². The van der Waals surface area contributed by atoms with Gasteiger partial charge in [-0.3, -0.25) is 0 Å². The molecule has 2 aromatic rings. The van der Waals surface area contributed by atoms with Gasteiger partial charge < -0.3 is 10.8 Å². The Balaban J connectivity index is 2.17. The molecule has 0 saturated heterocycles. The number of benzene rings is 2. The molecule has 0 fully saturated rings. The van der Waals surface area contributed by atoms with Gasteiger partial charge in [-0.2, -0.15) is 0 Å². The summed E-state index contributed by atoms with van der Waals surface area (Å²) < 4.78 is 27.1. The zero-order chi connectivity index (χ0) is 13.8. The highest BCUT2D eigenvalue weighted by Crippen LogP contribution is 2.23. The van der Waals surface area contributed by atoms with E-state index in [1.54, 1.807) is 0 Å². The van der Waals surface area contributed by atoms with Crippen LogP contribution >= 0.6 is 0 Å². The standard InChI is InChI=1S/C15H15F2NO/c16-11-7-4-8-12(17)14(11)15(18)13(19)9-10-5-2-1-3-6-10/h1-8,13,15,19H,9,18H2/t13-,15-/m0/s1. The van der Waals surface area contributed by atoms with Crippen molar-refractivity contribution < 1.29 is 13.9 Å². The quantitative estimate of drug-likeness (QED) is 0.890. The van der Waals surface area contributed by atoms with Crippen LogP contribution < -0.4 is 5.73 Å². The molecule has 0 spiro atoms. The first-order chi connectivity index (χ1) is 9.09. The van der Waals surface area contributed by atoms with Crippen LogP contribution in [-0.2, 0) is 6.42 Å². The molecule has 0 aliphatic carbocycles. The van der Waals surface area contributed by atoms with Crippen LogP contribution in [0.2, 0.25) is 0 Å². The molecule has 3 N–H and O–H groups in total. The van der Waals surface area contributed by atoms with Crippen molar-refractivity contribution in [2.24, 2.45) is 5.73 Å². The highest BCUT2D eigenvalue weighted by atomic mass is 19.1. The maximum absolute atomic E-state index is 13.6. The number of nitrogens with two attached hydrogens (primary N) is 1. The van der Waals surface area contributed by atoms with Crippen LogP contribution in [0.1, 0.15) is 17.2 Å². The van der Waals surface area contributed by atoms with E-state index in [1.165, 1.54) is 6.07 Å². The van der Waals surface area contributed by atoms with Crippen LogP contribution in [0.5, 0.6) is 0 Å². The Hall–Kier alpha value is -1.78. The molecule has 2 nitrogen and oxygen atoms in total. The van der Waals surface area contributed by atoms with E-state index in [1.807, 2.05) is 30.3 Å². The Bertz CT molecular complexity index is 525. The topological polar surface area (TPSA) is 46.2 Å². The first-order valence-electron chi connectivity index (χ1n) is 6.01. The molecule has 0 amide bonds. The van der Waals surface area contributed by atoms with Gasteiger partial charge in [0.15, 0.2) is 0 Å². The molecular formula is C15H15F2NO. The lowest BCUT2D eigenvalue weighted by atomic mass is 9.96. The number of aliphatic hydroxyl groups excluding tert-OH is 1. The molecule has 0 bridgehead atoms. The summed E-state index contributed by atoms with van der Waals surface area (Å²) in [5.41, 5.74) is 6.35. The summed E-state index contributed by atoms with van der Waals surface area (Å²) in [6, 6.07) is 11.6. The number of halogens is 2. The van der Waals surface area contributed by atoms with Crippen molar-refractivity contribution in [2.45, 2.75) is 18.6 Å². The SMILES string of the molecule is N[C@H](c1c(F)cccc1F)[C@@H](O)Cc1ccccc1. The fourth-order valence-corrected chi connectivity index (χ4v) is 2.00. The molecule has 4 heteroatoms. The molecule has 0 unspecified atom stereocenters. The molecule has 100 valence electrons. The Morgan fingerprint density at radius 1 is 0.947 bits per heavy atom. The second kappa shape index (κ2) is 5.91. The van der Waals surface area contributed by atoms with Crippen LogP contribution in [0.3, 0.4) is 0 Å². The van der Waals surface area contributed by atoms with Crippen molar-refractivity contribution in [2.75, 3.05) is 0 Å². The van der Waals surface area contributed by atoms with Gasteiger partial charge in [0.1, 0.15) is 11.6 Å². The van der Waals surface area contributed by atoms with Gasteiger partial charge in [-0.05, 0) is 17.7 Å². The number of rotatable bonds is 4. The molecule has 0 radical (unpaired) electrons. The molecule has 2 rings (SSSR count). The van der Waals surface area contributed by atoms with E-state index in [0.717, 1.165) is 17.7 Å². The lowest BCUT2D eigenvalue weighted by Crippen LogP contribution is -2.29. The molecule has 0 saturated carbocycles. The van der Waals surface area contributed by atoms with Gasteiger partial charge in [0.05, 0.1) is 12.1 Å². The normalized spacial score (nSPS) is 14.1. The van der Waals surface area contributed by atoms with E-state index in [9.17, 15) is 13.9 Å². The lowest BCUT2D eigenvalue weighted by molar-refractivity contribution is 0.141. The summed E-state index contributed by atoms with van der Waals surface area (Å²) in [6.07, 6.45) is -0.802. The second-order valence-corrected chi connectivity index (χ2v) is 4.42. The van der Waals surface area contributed by atoms with Crippen LogP contribution in [0.4, 0.5) is 8.78 Å². The van der Waals surface area contributed by atoms with Crippen LogP contribution in [0.15, 0.2) is 48.5 Å². The van der Waals surface area contributed by atoms with Crippen molar-refractivity contribution in [3.05, 3.63) is 71.3 Å². The first kappa shape index (κ1) is 13.6. The van der Waals surface area contributed by atoms with E-state index in [-0.39, 0.29) is 12.0 Å². The maximum atomic E-state index is 13.6. The van der Waals surface area contributed by atoms with E-state index < -0.39 is 23.8 Å². The third-order valence-corrected chi connectivity index (χ3v) is 3.04. The Labute approximate surface area is 110 Å². The van der Waals surface area contributed by atoms with Gasteiger partial charge >= 0.3 is 0 Å². The Kier molecular flexibility index (Phi) is 4.24. The van der Waals surface area contributed by atoms with Gasteiger partial charge in [0, 0.05) is 12.0 Å². The summed E-state index contributed by atoms with van der Waals surface area (Å²) in [4.78, 5) is 0. The minimum atomic E-state index is -1.10. The van der Waals surface area contributed by atoms with Crippen LogP contribution in [-0.4, -0.2) is 11.2 Å².